The van der Waals surface area contributed by atoms with Crippen molar-refractivity contribution in [2.75, 3.05) is 0 Å². The molecule has 0 bridgehead atoms. The van der Waals surface area contributed by atoms with E-state index in [2.05, 4.69) is 10.1 Å². The number of rotatable bonds is 3. The molecule has 0 radical (unpaired) electrons. The van der Waals surface area contributed by atoms with Crippen LogP contribution in [0.5, 0.6) is 0 Å². The Morgan fingerprint density at radius 3 is 2.53 bits per heavy atom. The summed E-state index contributed by atoms with van der Waals surface area (Å²) in [5.41, 5.74) is 0.197. The highest BCUT2D eigenvalue weighted by molar-refractivity contribution is 5.54. The minimum absolute atomic E-state index is 0.0963. The molecule has 1 unspecified atom stereocenters. The molecule has 2 aromatic rings. The van der Waals surface area contributed by atoms with Gasteiger partial charge in [0.25, 0.3) is 0 Å². The van der Waals surface area contributed by atoms with Crippen LogP contribution >= 0.6 is 0 Å². The van der Waals surface area contributed by atoms with Crippen molar-refractivity contribution in [1.82, 2.24) is 10.1 Å². The van der Waals surface area contributed by atoms with E-state index in [4.69, 9.17) is 9.63 Å². The molecule has 0 spiro atoms. The van der Waals surface area contributed by atoms with Gasteiger partial charge in [0.2, 0.25) is 11.7 Å². The molecular weight excluding hydrogens is 230 g/mol. The molecule has 0 saturated heterocycles. The lowest BCUT2D eigenvalue weighted by atomic mass is 10.2. The molecule has 2 rings (SSSR count). The van der Waals surface area contributed by atoms with Crippen molar-refractivity contribution in [1.29, 1.82) is 0 Å². The maximum atomic E-state index is 13.0. The summed E-state index contributed by atoms with van der Waals surface area (Å²) in [6.07, 6.45) is -0.419. The van der Waals surface area contributed by atoms with Gasteiger partial charge in [-0.15, -0.1) is 0 Å². The van der Waals surface area contributed by atoms with E-state index in [1.165, 1.54) is 0 Å². The van der Waals surface area contributed by atoms with Crippen LogP contribution in [0.15, 0.2) is 22.7 Å². The molecule has 17 heavy (non-hydrogen) atoms. The second kappa shape index (κ2) is 4.58. The number of aromatic nitrogens is 2. The monoisotopic (exact) mass is 240 g/mol. The summed E-state index contributed by atoms with van der Waals surface area (Å²) < 4.78 is 30.8. The molecule has 0 aliphatic rings. The summed E-state index contributed by atoms with van der Waals surface area (Å²) in [5.74, 6) is -1.09. The second-order valence-corrected chi connectivity index (χ2v) is 3.72. The molecule has 0 aliphatic carbocycles. The molecule has 4 nitrogen and oxygen atoms in total. The predicted molar refractivity (Wildman–Crippen MR) is 55.0 cm³/mol. The van der Waals surface area contributed by atoms with Crippen molar-refractivity contribution < 1.29 is 18.4 Å². The molecular formula is C11H10F2N2O2. The van der Waals surface area contributed by atoms with Crippen LogP contribution in [0.3, 0.4) is 0 Å². The van der Waals surface area contributed by atoms with Crippen molar-refractivity contribution in [3.63, 3.8) is 0 Å². The van der Waals surface area contributed by atoms with Gasteiger partial charge in [-0.25, -0.2) is 8.78 Å². The maximum Gasteiger partial charge on any atom is 0.229 e. The van der Waals surface area contributed by atoms with Gasteiger partial charge in [0.1, 0.15) is 11.6 Å². The van der Waals surface area contributed by atoms with Gasteiger partial charge in [0.15, 0.2) is 0 Å². The first-order valence-electron chi connectivity index (χ1n) is 5.01. The van der Waals surface area contributed by atoms with Gasteiger partial charge in [0.05, 0.1) is 12.5 Å². The Hall–Kier alpha value is -1.82. The van der Waals surface area contributed by atoms with Crippen LogP contribution in [0.4, 0.5) is 8.78 Å². The minimum Gasteiger partial charge on any atom is -0.393 e. The molecule has 1 atom stereocenters. The van der Waals surface area contributed by atoms with E-state index in [0.717, 1.165) is 18.2 Å². The Bertz CT molecular complexity index is 506. The van der Waals surface area contributed by atoms with Crippen LogP contribution in [-0.2, 0) is 6.42 Å². The van der Waals surface area contributed by atoms with Gasteiger partial charge in [-0.2, -0.15) is 4.98 Å². The van der Waals surface area contributed by atoms with E-state index < -0.39 is 17.7 Å². The zero-order valence-corrected chi connectivity index (χ0v) is 9.02. The summed E-state index contributed by atoms with van der Waals surface area (Å²) in [6.45, 7) is 1.58. The van der Waals surface area contributed by atoms with Crippen LogP contribution in [0.2, 0.25) is 0 Å². The minimum atomic E-state index is -0.707. The van der Waals surface area contributed by atoms with E-state index >= 15 is 0 Å². The predicted octanol–water partition coefficient (Wildman–Crippen LogP) is 1.94. The Balaban J connectivity index is 2.30. The number of nitrogens with zero attached hydrogens (tertiary/aromatic N) is 2. The van der Waals surface area contributed by atoms with Gasteiger partial charge in [-0.1, -0.05) is 5.16 Å². The van der Waals surface area contributed by atoms with Crippen LogP contribution in [0.1, 0.15) is 12.8 Å². The number of aliphatic hydroxyl groups is 1. The van der Waals surface area contributed by atoms with Gasteiger partial charge >= 0.3 is 0 Å². The van der Waals surface area contributed by atoms with Crippen LogP contribution < -0.4 is 0 Å². The smallest absolute Gasteiger partial charge is 0.229 e. The average molecular weight is 240 g/mol. The van der Waals surface area contributed by atoms with Gasteiger partial charge in [-0.05, 0) is 19.1 Å². The average Bonchev–Trinajstić information content (AvgIpc) is 2.63. The maximum absolute atomic E-state index is 13.0. The first kappa shape index (κ1) is 11.7. The van der Waals surface area contributed by atoms with Crippen LogP contribution in [0, 0.1) is 11.6 Å². The lowest BCUT2D eigenvalue weighted by Gasteiger charge is -1.96. The Labute approximate surface area is 95.9 Å². The molecule has 1 heterocycles. The van der Waals surface area contributed by atoms with Crippen molar-refractivity contribution in [2.45, 2.75) is 19.4 Å². The molecule has 90 valence electrons. The summed E-state index contributed by atoms with van der Waals surface area (Å²) >= 11 is 0. The highest BCUT2D eigenvalue weighted by Crippen LogP contribution is 2.19. The molecule has 1 aromatic heterocycles. The molecule has 6 heteroatoms. The van der Waals surface area contributed by atoms with E-state index in [-0.39, 0.29) is 23.7 Å². The van der Waals surface area contributed by atoms with E-state index in [1.807, 2.05) is 0 Å². The third-order valence-corrected chi connectivity index (χ3v) is 2.06. The van der Waals surface area contributed by atoms with Crippen molar-refractivity contribution in [3.05, 3.63) is 35.7 Å². The first-order valence-corrected chi connectivity index (χ1v) is 5.01. The number of hydrogen-bond donors (Lipinski definition) is 1. The summed E-state index contributed by atoms with van der Waals surface area (Å²) in [4.78, 5) is 3.93. The SMILES string of the molecule is CC(O)Cc1nc(-c2cc(F)cc(F)c2)no1. The number of halogens is 2. The third-order valence-electron chi connectivity index (χ3n) is 2.06. The van der Waals surface area contributed by atoms with Crippen molar-refractivity contribution >= 4 is 0 Å². The van der Waals surface area contributed by atoms with E-state index in [9.17, 15) is 8.78 Å². The fourth-order valence-electron chi connectivity index (χ4n) is 1.39. The molecule has 0 aliphatic heterocycles. The normalized spacial score (nSPS) is 12.7. The van der Waals surface area contributed by atoms with Gasteiger partial charge < -0.3 is 9.63 Å². The first-order chi connectivity index (χ1) is 8.04. The standard InChI is InChI=1S/C11H10F2N2O2/c1-6(16)2-10-14-11(15-17-10)7-3-8(12)5-9(13)4-7/h3-6,16H,2H2,1H3. The van der Waals surface area contributed by atoms with Gasteiger partial charge in [-0.3, -0.25) is 0 Å². The fraction of sp³-hybridized carbons (Fsp3) is 0.273. The highest BCUT2D eigenvalue weighted by atomic mass is 19.1. The Morgan fingerprint density at radius 2 is 1.94 bits per heavy atom. The largest absolute Gasteiger partial charge is 0.393 e. The lowest BCUT2D eigenvalue weighted by molar-refractivity contribution is 0.181. The molecule has 1 aromatic carbocycles. The Kier molecular flexibility index (Phi) is 3.14. The highest BCUT2D eigenvalue weighted by Gasteiger charge is 2.12. The van der Waals surface area contributed by atoms with Crippen molar-refractivity contribution in [3.8, 4) is 11.4 Å². The zero-order chi connectivity index (χ0) is 12.4. The Morgan fingerprint density at radius 1 is 1.29 bits per heavy atom. The number of benzene rings is 1. The molecule has 0 saturated carbocycles. The van der Waals surface area contributed by atoms with E-state index in [1.54, 1.807) is 6.92 Å². The number of aliphatic hydroxyl groups excluding tert-OH is 1. The van der Waals surface area contributed by atoms with E-state index in [0.29, 0.717) is 0 Å². The fourth-order valence-corrected chi connectivity index (χ4v) is 1.39. The third kappa shape index (κ3) is 2.85. The topological polar surface area (TPSA) is 59.2 Å². The molecule has 1 N–H and O–H groups in total. The van der Waals surface area contributed by atoms with Crippen LogP contribution in [-0.4, -0.2) is 21.4 Å². The number of hydrogen-bond acceptors (Lipinski definition) is 4. The summed E-state index contributed by atoms with van der Waals surface area (Å²) in [7, 11) is 0. The summed E-state index contributed by atoms with van der Waals surface area (Å²) in [5, 5.41) is 12.7. The quantitative estimate of drug-likeness (QED) is 0.890. The van der Waals surface area contributed by atoms with Crippen LogP contribution in [0.25, 0.3) is 11.4 Å². The summed E-state index contributed by atoms with van der Waals surface area (Å²) in [6, 6.07) is 2.99. The van der Waals surface area contributed by atoms with Gasteiger partial charge in [0, 0.05) is 11.6 Å². The molecule has 0 amide bonds. The second-order valence-electron chi connectivity index (χ2n) is 3.72. The lowest BCUT2D eigenvalue weighted by Crippen LogP contribution is -2.04. The molecule has 0 fully saturated rings. The zero-order valence-electron chi connectivity index (χ0n) is 9.02. The van der Waals surface area contributed by atoms with Crippen molar-refractivity contribution in [2.24, 2.45) is 0 Å².